The molecule has 0 amide bonds. The summed E-state index contributed by atoms with van der Waals surface area (Å²) in [6.45, 7) is 5.07. The molecule has 1 aliphatic heterocycles. The number of nitrogens with one attached hydrogen (secondary N) is 1. The first-order valence-electron chi connectivity index (χ1n) is 5.65. The largest absolute Gasteiger partial charge is 0.459 e. The molecule has 6 heteroatoms. The first kappa shape index (κ1) is 14.3. The third-order valence-electron chi connectivity index (χ3n) is 2.47. The van der Waals surface area contributed by atoms with Crippen molar-refractivity contribution in [3.63, 3.8) is 0 Å². The van der Waals surface area contributed by atoms with E-state index in [2.05, 4.69) is 5.32 Å². The molecule has 1 rings (SSSR count). The number of alkyl halides is 3. The normalized spacial score (nSPS) is 26.7. The number of hydrogen-bond donors (Lipinski definition) is 1. The van der Waals surface area contributed by atoms with Crippen LogP contribution in [0.4, 0.5) is 13.2 Å². The van der Waals surface area contributed by atoms with Crippen molar-refractivity contribution in [2.75, 3.05) is 0 Å². The van der Waals surface area contributed by atoms with E-state index in [1.54, 1.807) is 20.8 Å². The Morgan fingerprint density at radius 2 is 1.82 bits per heavy atom. The highest BCUT2D eigenvalue weighted by molar-refractivity contribution is 5.76. The van der Waals surface area contributed by atoms with E-state index in [0.29, 0.717) is 12.8 Å². The van der Waals surface area contributed by atoms with Crippen molar-refractivity contribution >= 4 is 5.97 Å². The molecule has 0 saturated carbocycles. The van der Waals surface area contributed by atoms with Gasteiger partial charge in [0.25, 0.3) is 0 Å². The third-order valence-corrected chi connectivity index (χ3v) is 2.47. The second-order valence-corrected chi connectivity index (χ2v) is 5.28. The Bertz CT molecular complexity index is 283. The predicted octanol–water partition coefficient (Wildman–Crippen LogP) is 2.40. The topological polar surface area (TPSA) is 38.3 Å². The van der Waals surface area contributed by atoms with E-state index < -0.39 is 29.8 Å². The van der Waals surface area contributed by atoms with Gasteiger partial charge in [0.15, 0.2) is 0 Å². The number of esters is 1. The molecule has 0 aromatic heterocycles. The lowest BCUT2D eigenvalue weighted by Crippen LogP contribution is -2.54. The number of hydrogen-bond acceptors (Lipinski definition) is 3. The molecule has 100 valence electrons. The van der Waals surface area contributed by atoms with Crippen LogP contribution in [-0.4, -0.2) is 29.8 Å². The van der Waals surface area contributed by atoms with Crippen LogP contribution in [0, 0.1) is 0 Å². The number of rotatable bonds is 1. The van der Waals surface area contributed by atoms with Crippen molar-refractivity contribution in [3.8, 4) is 0 Å². The fraction of sp³-hybridized carbons (Fsp3) is 0.909. The molecule has 1 heterocycles. The second kappa shape index (κ2) is 4.84. The van der Waals surface area contributed by atoms with Crippen molar-refractivity contribution in [2.24, 2.45) is 0 Å². The first-order chi connectivity index (χ1) is 7.59. The van der Waals surface area contributed by atoms with Gasteiger partial charge in [0.2, 0.25) is 0 Å². The Balaban J connectivity index is 2.58. The zero-order chi connectivity index (χ0) is 13.3. The molecule has 1 saturated heterocycles. The highest BCUT2D eigenvalue weighted by Gasteiger charge is 2.44. The van der Waals surface area contributed by atoms with Crippen LogP contribution in [0.3, 0.4) is 0 Å². The summed E-state index contributed by atoms with van der Waals surface area (Å²) >= 11 is 0. The van der Waals surface area contributed by atoms with Gasteiger partial charge in [-0.1, -0.05) is 0 Å². The first-order valence-corrected chi connectivity index (χ1v) is 5.65. The Morgan fingerprint density at radius 1 is 1.24 bits per heavy atom. The molecule has 1 aliphatic rings. The van der Waals surface area contributed by atoms with E-state index in [4.69, 9.17) is 4.74 Å². The minimum absolute atomic E-state index is 0.0167. The van der Waals surface area contributed by atoms with Gasteiger partial charge in [0, 0.05) is 0 Å². The highest BCUT2D eigenvalue weighted by atomic mass is 19.4. The number of piperidine rings is 1. The summed E-state index contributed by atoms with van der Waals surface area (Å²) in [6, 6.07) is -2.46. The van der Waals surface area contributed by atoms with Crippen LogP contribution in [0.1, 0.15) is 40.0 Å². The van der Waals surface area contributed by atoms with Crippen LogP contribution in [0.5, 0.6) is 0 Å². The van der Waals surface area contributed by atoms with Crippen LogP contribution in [0.25, 0.3) is 0 Å². The van der Waals surface area contributed by atoms with Crippen LogP contribution >= 0.6 is 0 Å². The van der Waals surface area contributed by atoms with Gasteiger partial charge >= 0.3 is 12.1 Å². The minimum atomic E-state index is -4.30. The van der Waals surface area contributed by atoms with Crippen molar-refractivity contribution in [3.05, 3.63) is 0 Å². The number of carbonyl (C=O) groups is 1. The molecule has 0 aromatic carbocycles. The van der Waals surface area contributed by atoms with Crippen molar-refractivity contribution in [1.29, 1.82) is 0 Å². The van der Waals surface area contributed by atoms with E-state index in [-0.39, 0.29) is 6.42 Å². The summed E-state index contributed by atoms with van der Waals surface area (Å²) in [6.07, 6.45) is -3.52. The lowest BCUT2D eigenvalue weighted by molar-refractivity contribution is -0.173. The van der Waals surface area contributed by atoms with Crippen molar-refractivity contribution in [2.45, 2.75) is 63.9 Å². The van der Waals surface area contributed by atoms with Crippen molar-refractivity contribution in [1.82, 2.24) is 5.32 Å². The molecule has 0 spiro atoms. The molecule has 0 bridgehead atoms. The maximum Gasteiger partial charge on any atom is 0.403 e. The van der Waals surface area contributed by atoms with Crippen molar-refractivity contribution < 1.29 is 22.7 Å². The second-order valence-electron chi connectivity index (χ2n) is 5.28. The predicted molar refractivity (Wildman–Crippen MR) is 56.5 cm³/mol. The van der Waals surface area contributed by atoms with Gasteiger partial charge in [-0.3, -0.25) is 10.1 Å². The standard InChI is InChI=1S/C11H18F3NO2/c1-10(2,3)17-9(16)7-5-4-6-8(15-7)11(12,13)14/h7-8,15H,4-6H2,1-3H3/t7-,8+/m0/s1. The van der Waals surface area contributed by atoms with Crippen LogP contribution in [-0.2, 0) is 9.53 Å². The average molecular weight is 253 g/mol. The van der Waals surface area contributed by atoms with E-state index in [1.165, 1.54) is 0 Å². The summed E-state index contributed by atoms with van der Waals surface area (Å²) in [7, 11) is 0. The number of carbonyl (C=O) groups excluding carboxylic acids is 1. The van der Waals surface area contributed by atoms with E-state index >= 15 is 0 Å². The molecule has 17 heavy (non-hydrogen) atoms. The van der Waals surface area contributed by atoms with Gasteiger partial charge in [-0.25, -0.2) is 0 Å². The number of ether oxygens (including phenoxy) is 1. The van der Waals surface area contributed by atoms with Gasteiger partial charge < -0.3 is 4.74 Å². The highest BCUT2D eigenvalue weighted by Crippen LogP contribution is 2.28. The summed E-state index contributed by atoms with van der Waals surface area (Å²) in [5.74, 6) is -0.605. The maximum absolute atomic E-state index is 12.5. The lowest BCUT2D eigenvalue weighted by atomic mass is 9.98. The van der Waals surface area contributed by atoms with Crippen LogP contribution in [0.2, 0.25) is 0 Å². The van der Waals surface area contributed by atoms with E-state index in [1.807, 2.05) is 0 Å². The quantitative estimate of drug-likeness (QED) is 0.729. The van der Waals surface area contributed by atoms with Gasteiger partial charge in [-0.2, -0.15) is 13.2 Å². The fourth-order valence-corrected chi connectivity index (χ4v) is 1.75. The van der Waals surface area contributed by atoms with E-state index in [9.17, 15) is 18.0 Å². The summed E-state index contributed by atoms with van der Waals surface area (Å²) in [5, 5.41) is 2.32. The Morgan fingerprint density at radius 3 is 2.29 bits per heavy atom. The van der Waals surface area contributed by atoms with Gasteiger partial charge in [-0.05, 0) is 40.0 Å². The molecule has 2 atom stereocenters. The smallest absolute Gasteiger partial charge is 0.403 e. The molecule has 1 N–H and O–H groups in total. The average Bonchev–Trinajstić information content (AvgIpc) is 2.14. The molecular weight excluding hydrogens is 235 g/mol. The zero-order valence-corrected chi connectivity index (χ0v) is 10.2. The molecule has 3 nitrogen and oxygen atoms in total. The van der Waals surface area contributed by atoms with Gasteiger partial charge in [-0.15, -0.1) is 0 Å². The summed E-state index contributed by atoms with van der Waals surface area (Å²) < 4.78 is 42.6. The van der Waals surface area contributed by atoms with E-state index in [0.717, 1.165) is 0 Å². The molecule has 1 fully saturated rings. The molecule has 0 aliphatic carbocycles. The molecule has 0 unspecified atom stereocenters. The maximum atomic E-state index is 12.5. The Hall–Kier alpha value is -0.780. The monoisotopic (exact) mass is 253 g/mol. The fourth-order valence-electron chi connectivity index (χ4n) is 1.75. The minimum Gasteiger partial charge on any atom is -0.459 e. The summed E-state index contributed by atoms with van der Waals surface area (Å²) in [4.78, 5) is 11.6. The van der Waals surface area contributed by atoms with Crippen LogP contribution < -0.4 is 5.32 Å². The van der Waals surface area contributed by atoms with Gasteiger partial charge in [0.05, 0.1) is 0 Å². The molecule has 0 aromatic rings. The summed E-state index contributed by atoms with van der Waals surface area (Å²) in [5.41, 5.74) is -0.677. The Labute approximate surface area is 98.7 Å². The lowest BCUT2D eigenvalue weighted by Gasteiger charge is -2.32. The van der Waals surface area contributed by atoms with Gasteiger partial charge in [0.1, 0.15) is 17.7 Å². The van der Waals surface area contributed by atoms with Crippen LogP contribution in [0.15, 0.2) is 0 Å². The number of halogens is 3. The third kappa shape index (κ3) is 4.53. The zero-order valence-electron chi connectivity index (χ0n) is 10.2. The molecular formula is C11H18F3NO2. The SMILES string of the molecule is CC(C)(C)OC(=O)[C@@H]1CCC[C@H](C(F)(F)F)N1. The Kier molecular flexibility index (Phi) is 4.06. The molecule has 0 radical (unpaired) electrons.